The van der Waals surface area contributed by atoms with Gasteiger partial charge in [0.2, 0.25) is 0 Å². The molecule has 0 atom stereocenters. The van der Waals surface area contributed by atoms with Gasteiger partial charge in [0.15, 0.2) is 0 Å². The monoisotopic (exact) mass is 343 g/mol. The van der Waals surface area contributed by atoms with Crippen LogP contribution in [0.4, 0.5) is 14.5 Å². The number of anilines is 1. The van der Waals surface area contributed by atoms with E-state index in [1.54, 1.807) is 12.3 Å². The van der Waals surface area contributed by atoms with Gasteiger partial charge in [0.1, 0.15) is 17.3 Å². The van der Waals surface area contributed by atoms with E-state index >= 15 is 0 Å². The first-order valence-corrected chi connectivity index (χ1v) is 7.09. The van der Waals surface area contributed by atoms with E-state index in [0.29, 0.717) is 0 Å². The van der Waals surface area contributed by atoms with Crippen LogP contribution in [0.25, 0.3) is 5.69 Å². The molecule has 0 bridgehead atoms. The van der Waals surface area contributed by atoms with E-state index in [-0.39, 0.29) is 22.5 Å². The van der Waals surface area contributed by atoms with Gasteiger partial charge in [0.25, 0.3) is 5.91 Å². The van der Waals surface area contributed by atoms with Crippen LogP contribution >= 0.6 is 0 Å². The van der Waals surface area contributed by atoms with Crippen molar-refractivity contribution in [1.82, 2.24) is 9.78 Å². The fourth-order valence-electron chi connectivity index (χ4n) is 2.19. The molecule has 0 fully saturated rings. The number of hydrogen-bond acceptors (Lipinski definition) is 3. The number of carbonyl (C=O) groups is 2. The molecule has 0 aliphatic heterocycles. The number of aromatic carboxylic acids is 1. The lowest BCUT2D eigenvalue weighted by molar-refractivity contribution is 0.0696. The van der Waals surface area contributed by atoms with Gasteiger partial charge in [-0.25, -0.2) is 18.3 Å². The van der Waals surface area contributed by atoms with Crippen molar-refractivity contribution in [2.24, 2.45) is 0 Å². The zero-order valence-corrected chi connectivity index (χ0v) is 12.6. The highest BCUT2D eigenvalue weighted by Gasteiger charge is 2.14. The highest BCUT2D eigenvalue weighted by molar-refractivity contribution is 6.05. The fraction of sp³-hybridized carbons (Fsp3) is 0. The standard InChI is InChI=1S/C17H11F2N3O3/c18-12-4-2-11(17(24)25)9-14(12)21-16(23)10-3-5-15(13(19)8-10)22-7-1-6-20-22/h1-9H,(H,21,23)(H,24,25). The normalized spacial score (nSPS) is 10.5. The van der Waals surface area contributed by atoms with E-state index in [0.717, 1.165) is 24.3 Å². The molecule has 0 saturated heterocycles. The molecular weight excluding hydrogens is 332 g/mol. The van der Waals surface area contributed by atoms with Gasteiger partial charge in [0.05, 0.1) is 11.3 Å². The van der Waals surface area contributed by atoms with Gasteiger partial charge in [-0.2, -0.15) is 5.10 Å². The summed E-state index contributed by atoms with van der Waals surface area (Å²) in [5, 5.41) is 15.1. The van der Waals surface area contributed by atoms with E-state index in [9.17, 15) is 18.4 Å². The van der Waals surface area contributed by atoms with E-state index in [1.807, 2.05) is 0 Å². The van der Waals surface area contributed by atoms with Gasteiger partial charge < -0.3 is 10.4 Å². The van der Waals surface area contributed by atoms with Crippen molar-refractivity contribution in [1.29, 1.82) is 0 Å². The van der Waals surface area contributed by atoms with Crippen LogP contribution in [0, 0.1) is 11.6 Å². The van der Waals surface area contributed by atoms with Crippen molar-refractivity contribution < 1.29 is 23.5 Å². The summed E-state index contributed by atoms with van der Waals surface area (Å²) in [6.07, 6.45) is 3.03. The maximum Gasteiger partial charge on any atom is 0.335 e. The third-order valence-electron chi connectivity index (χ3n) is 3.42. The fourth-order valence-corrected chi connectivity index (χ4v) is 2.19. The number of aromatic nitrogens is 2. The summed E-state index contributed by atoms with van der Waals surface area (Å²) in [6, 6.07) is 8.33. The van der Waals surface area contributed by atoms with Crippen LogP contribution in [-0.4, -0.2) is 26.8 Å². The Labute approximate surface area is 140 Å². The predicted molar refractivity (Wildman–Crippen MR) is 84.8 cm³/mol. The van der Waals surface area contributed by atoms with E-state index in [1.165, 1.54) is 23.0 Å². The highest BCUT2D eigenvalue weighted by atomic mass is 19.1. The molecule has 0 spiro atoms. The lowest BCUT2D eigenvalue weighted by Crippen LogP contribution is -2.14. The SMILES string of the molecule is O=C(O)c1ccc(F)c(NC(=O)c2ccc(-n3cccn3)c(F)c2)c1. The third-order valence-corrected chi connectivity index (χ3v) is 3.42. The Hall–Kier alpha value is -3.55. The minimum absolute atomic E-state index is 0.0477. The Morgan fingerprint density at radius 2 is 1.80 bits per heavy atom. The third kappa shape index (κ3) is 3.37. The number of carboxylic acid groups (broad SMARTS) is 1. The summed E-state index contributed by atoms with van der Waals surface area (Å²) in [5.74, 6) is -3.51. The van der Waals surface area contributed by atoms with Crippen molar-refractivity contribution in [2.45, 2.75) is 0 Å². The molecule has 0 aliphatic carbocycles. The van der Waals surface area contributed by atoms with Crippen molar-refractivity contribution in [2.75, 3.05) is 5.32 Å². The van der Waals surface area contributed by atoms with Crippen molar-refractivity contribution >= 4 is 17.6 Å². The quantitative estimate of drug-likeness (QED) is 0.762. The lowest BCUT2D eigenvalue weighted by atomic mass is 10.1. The molecule has 25 heavy (non-hydrogen) atoms. The predicted octanol–water partition coefficient (Wildman–Crippen LogP) is 3.10. The summed E-state index contributed by atoms with van der Waals surface area (Å²) in [4.78, 5) is 23.1. The molecule has 0 radical (unpaired) electrons. The smallest absolute Gasteiger partial charge is 0.335 e. The summed E-state index contributed by atoms with van der Waals surface area (Å²) >= 11 is 0. The van der Waals surface area contributed by atoms with Crippen molar-refractivity contribution in [3.8, 4) is 5.69 Å². The van der Waals surface area contributed by atoms with Gasteiger partial charge in [0, 0.05) is 18.0 Å². The number of nitrogens with one attached hydrogen (secondary N) is 1. The summed E-state index contributed by atoms with van der Waals surface area (Å²) < 4.78 is 29.2. The Balaban J connectivity index is 1.86. The second-order valence-electron chi connectivity index (χ2n) is 5.07. The maximum absolute atomic E-state index is 14.2. The van der Waals surface area contributed by atoms with Crippen LogP contribution in [0.5, 0.6) is 0 Å². The van der Waals surface area contributed by atoms with Crippen LogP contribution in [0.2, 0.25) is 0 Å². The Kier molecular flexibility index (Phi) is 4.25. The van der Waals surface area contributed by atoms with Crippen LogP contribution in [0.3, 0.4) is 0 Å². The van der Waals surface area contributed by atoms with E-state index < -0.39 is 23.5 Å². The van der Waals surface area contributed by atoms with Crippen LogP contribution in [0.15, 0.2) is 54.9 Å². The first kappa shape index (κ1) is 16.3. The van der Waals surface area contributed by atoms with Crippen LogP contribution in [-0.2, 0) is 0 Å². The van der Waals surface area contributed by atoms with Gasteiger partial charge in [-0.15, -0.1) is 0 Å². The molecule has 0 unspecified atom stereocenters. The highest BCUT2D eigenvalue weighted by Crippen LogP contribution is 2.19. The van der Waals surface area contributed by atoms with Gasteiger partial charge in [-0.05, 0) is 42.5 Å². The van der Waals surface area contributed by atoms with Gasteiger partial charge in [-0.1, -0.05) is 0 Å². The summed E-state index contributed by atoms with van der Waals surface area (Å²) in [5.41, 5.74) is -0.382. The minimum Gasteiger partial charge on any atom is -0.478 e. The Bertz CT molecular complexity index is 956. The number of benzene rings is 2. The number of carbonyl (C=O) groups excluding carboxylic acids is 1. The second kappa shape index (κ2) is 6.52. The molecule has 126 valence electrons. The van der Waals surface area contributed by atoms with Gasteiger partial charge in [-0.3, -0.25) is 4.79 Å². The Morgan fingerprint density at radius 1 is 1.04 bits per heavy atom. The second-order valence-corrected chi connectivity index (χ2v) is 5.07. The molecule has 6 nitrogen and oxygen atoms in total. The first-order valence-electron chi connectivity index (χ1n) is 7.09. The van der Waals surface area contributed by atoms with E-state index in [2.05, 4.69) is 10.4 Å². The zero-order valence-electron chi connectivity index (χ0n) is 12.6. The molecule has 3 aromatic rings. The lowest BCUT2D eigenvalue weighted by Gasteiger charge is -2.09. The summed E-state index contributed by atoms with van der Waals surface area (Å²) in [6.45, 7) is 0. The topological polar surface area (TPSA) is 84.2 Å². The average molecular weight is 343 g/mol. The number of rotatable bonds is 4. The van der Waals surface area contributed by atoms with Crippen molar-refractivity contribution in [3.63, 3.8) is 0 Å². The number of carboxylic acids is 1. The molecule has 2 N–H and O–H groups in total. The molecule has 0 aliphatic rings. The maximum atomic E-state index is 14.2. The molecule has 1 aromatic heterocycles. The molecular formula is C17H11F2N3O3. The largest absolute Gasteiger partial charge is 0.478 e. The van der Waals surface area contributed by atoms with Crippen LogP contribution < -0.4 is 5.32 Å². The average Bonchev–Trinajstić information content (AvgIpc) is 3.10. The molecule has 1 heterocycles. The Morgan fingerprint density at radius 3 is 2.44 bits per heavy atom. The number of halogens is 2. The molecule has 2 aromatic carbocycles. The summed E-state index contributed by atoms with van der Waals surface area (Å²) in [7, 11) is 0. The van der Waals surface area contributed by atoms with Crippen molar-refractivity contribution in [3.05, 3.63) is 77.6 Å². The number of hydrogen-bond donors (Lipinski definition) is 2. The molecule has 0 saturated carbocycles. The van der Waals surface area contributed by atoms with Crippen LogP contribution in [0.1, 0.15) is 20.7 Å². The van der Waals surface area contributed by atoms with Gasteiger partial charge >= 0.3 is 5.97 Å². The van der Waals surface area contributed by atoms with E-state index in [4.69, 9.17) is 5.11 Å². The number of nitrogens with zero attached hydrogens (tertiary/aromatic N) is 2. The first-order chi connectivity index (χ1) is 12.0. The molecule has 3 rings (SSSR count). The zero-order chi connectivity index (χ0) is 18.0. The molecule has 8 heteroatoms. The number of amides is 1. The minimum atomic E-state index is -1.26. The molecule has 1 amide bonds.